The minimum Gasteiger partial charge on any atom is -0.465 e. The van der Waals surface area contributed by atoms with Crippen LogP contribution in [0, 0.1) is 0 Å². The molecule has 1 N–H and O–H groups in total. The van der Waals surface area contributed by atoms with Gasteiger partial charge in [-0.15, -0.1) is 0 Å². The van der Waals surface area contributed by atoms with Gasteiger partial charge in [-0.05, 0) is 56.9 Å². The number of methoxy groups -OCH3 is 1. The van der Waals surface area contributed by atoms with Gasteiger partial charge in [-0.3, -0.25) is 9.80 Å². The van der Waals surface area contributed by atoms with Crippen LogP contribution in [0.4, 0.5) is 5.82 Å². The van der Waals surface area contributed by atoms with Gasteiger partial charge in [-0.1, -0.05) is 24.3 Å². The molecule has 0 spiro atoms. The smallest absolute Gasteiger partial charge is 0.337 e. The van der Waals surface area contributed by atoms with E-state index in [1.165, 1.54) is 12.7 Å². The molecule has 0 bridgehead atoms. The fourth-order valence-electron chi connectivity index (χ4n) is 4.36. The van der Waals surface area contributed by atoms with Crippen LogP contribution < -0.4 is 5.32 Å². The summed E-state index contributed by atoms with van der Waals surface area (Å²) < 4.78 is 4.78. The molecule has 1 aromatic heterocycles. The van der Waals surface area contributed by atoms with Crippen molar-refractivity contribution in [3.63, 3.8) is 0 Å². The Hall–Kier alpha value is -3.07. The van der Waals surface area contributed by atoms with Crippen LogP contribution in [-0.2, 0) is 17.8 Å². The third-order valence-corrected chi connectivity index (χ3v) is 6.34. The zero-order chi connectivity index (χ0) is 24.6. The number of ether oxygens (including phenoxy) is 1. The summed E-state index contributed by atoms with van der Waals surface area (Å²) in [6.07, 6.45) is 1.06. The van der Waals surface area contributed by atoms with Gasteiger partial charge < -0.3 is 15.0 Å². The van der Waals surface area contributed by atoms with Crippen molar-refractivity contribution in [1.82, 2.24) is 24.7 Å². The molecule has 0 atom stereocenters. The number of fused-ring (bicyclic) bond motifs is 1. The SMILES string of the molecule is COC(=O)c1ccc(CN2CCN(Cc3nc(NCCCN(C)C)c4ccccc4n3)CC2)cc1. The number of aromatic nitrogens is 2. The molecule has 1 aliphatic rings. The van der Waals surface area contributed by atoms with Crippen LogP contribution in [0.5, 0.6) is 0 Å². The van der Waals surface area contributed by atoms with Crippen LogP contribution in [0.1, 0.15) is 28.2 Å². The lowest BCUT2D eigenvalue weighted by molar-refractivity contribution is 0.0600. The van der Waals surface area contributed by atoms with Gasteiger partial charge in [0.2, 0.25) is 0 Å². The first kappa shape index (κ1) is 25.0. The number of rotatable bonds is 10. The summed E-state index contributed by atoms with van der Waals surface area (Å²) in [6.45, 7) is 7.48. The highest BCUT2D eigenvalue weighted by Crippen LogP contribution is 2.21. The Balaban J connectivity index is 1.33. The van der Waals surface area contributed by atoms with Crippen LogP contribution in [0.15, 0.2) is 48.5 Å². The quantitative estimate of drug-likeness (QED) is 0.354. The largest absolute Gasteiger partial charge is 0.465 e. The van der Waals surface area contributed by atoms with Crippen molar-refractivity contribution in [3.8, 4) is 0 Å². The highest BCUT2D eigenvalue weighted by atomic mass is 16.5. The number of esters is 1. The molecule has 8 nitrogen and oxygen atoms in total. The van der Waals surface area contributed by atoms with E-state index in [0.29, 0.717) is 5.56 Å². The average molecular weight is 477 g/mol. The van der Waals surface area contributed by atoms with E-state index in [-0.39, 0.29) is 5.97 Å². The zero-order valence-electron chi connectivity index (χ0n) is 21.0. The van der Waals surface area contributed by atoms with Crippen LogP contribution in [0.25, 0.3) is 10.9 Å². The van der Waals surface area contributed by atoms with Gasteiger partial charge in [0.1, 0.15) is 11.6 Å². The van der Waals surface area contributed by atoms with Crippen LogP contribution in [0.2, 0.25) is 0 Å². The predicted molar refractivity (Wildman–Crippen MR) is 140 cm³/mol. The van der Waals surface area contributed by atoms with Gasteiger partial charge in [-0.25, -0.2) is 14.8 Å². The first-order valence-corrected chi connectivity index (χ1v) is 12.3. The van der Waals surface area contributed by atoms with E-state index < -0.39 is 0 Å². The summed E-state index contributed by atoms with van der Waals surface area (Å²) in [4.78, 5) is 28.5. The molecule has 0 aliphatic carbocycles. The monoisotopic (exact) mass is 476 g/mol. The van der Waals surface area contributed by atoms with Crippen molar-refractivity contribution in [2.45, 2.75) is 19.5 Å². The van der Waals surface area contributed by atoms with Gasteiger partial charge in [-0.2, -0.15) is 0 Å². The van der Waals surface area contributed by atoms with Crippen LogP contribution >= 0.6 is 0 Å². The Morgan fingerprint density at radius 3 is 2.34 bits per heavy atom. The molecule has 1 fully saturated rings. The molecule has 8 heteroatoms. The summed E-state index contributed by atoms with van der Waals surface area (Å²) >= 11 is 0. The molecule has 0 amide bonds. The van der Waals surface area contributed by atoms with Crippen molar-refractivity contribution >= 4 is 22.7 Å². The first-order chi connectivity index (χ1) is 17.0. The van der Waals surface area contributed by atoms with Gasteiger partial charge in [0.15, 0.2) is 0 Å². The Kier molecular flexibility index (Phi) is 8.63. The van der Waals surface area contributed by atoms with E-state index in [9.17, 15) is 4.79 Å². The Bertz CT molecular complexity index is 1110. The van der Waals surface area contributed by atoms with E-state index in [0.717, 1.165) is 81.3 Å². The molecule has 2 heterocycles. The van der Waals surface area contributed by atoms with Crippen molar-refractivity contribution in [2.24, 2.45) is 0 Å². The third kappa shape index (κ3) is 6.97. The summed E-state index contributed by atoms with van der Waals surface area (Å²) in [5.41, 5.74) is 2.78. The average Bonchev–Trinajstić information content (AvgIpc) is 2.87. The summed E-state index contributed by atoms with van der Waals surface area (Å²) in [6, 6.07) is 15.9. The van der Waals surface area contributed by atoms with Crippen LogP contribution in [-0.4, -0.2) is 91.1 Å². The Morgan fingerprint density at radius 1 is 0.971 bits per heavy atom. The van der Waals surface area contributed by atoms with E-state index in [4.69, 9.17) is 14.7 Å². The number of carbonyl (C=O) groups excluding carboxylic acids is 1. The lowest BCUT2D eigenvalue weighted by atomic mass is 10.1. The molecule has 1 aliphatic heterocycles. The van der Waals surface area contributed by atoms with E-state index >= 15 is 0 Å². The predicted octanol–water partition coefficient (Wildman–Crippen LogP) is 3.10. The third-order valence-electron chi connectivity index (χ3n) is 6.34. The van der Waals surface area contributed by atoms with Gasteiger partial charge in [0.05, 0.1) is 24.7 Å². The minimum atomic E-state index is -0.298. The molecule has 186 valence electrons. The summed E-state index contributed by atoms with van der Waals surface area (Å²) in [7, 11) is 5.60. The standard InChI is InChI=1S/C27H36N6O2/c1-31(2)14-6-13-28-26-23-7-4-5-8-24(23)29-25(30-26)20-33-17-15-32(16-18-33)19-21-9-11-22(12-10-21)27(34)35-3/h4-5,7-12H,6,13-20H2,1-3H3,(H,28,29,30). The number of benzene rings is 2. The fourth-order valence-corrected chi connectivity index (χ4v) is 4.36. The molecule has 4 rings (SSSR count). The molecule has 35 heavy (non-hydrogen) atoms. The minimum absolute atomic E-state index is 0.298. The Labute approximate surface area is 207 Å². The molecule has 0 saturated carbocycles. The number of carbonyl (C=O) groups is 1. The van der Waals surface area contributed by atoms with E-state index in [2.05, 4.69) is 46.2 Å². The molecular formula is C27H36N6O2. The zero-order valence-corrected chi connectivity index (χ0v) is 21.0. The van der Waals surface area contributed by atoms with E-state index in [1.807, 2.05) is 36.4 Å². The maximum atomic E-state index is 11.6. The number of piperazine rings is 1. The number of para-hydroxylation sites is 1. The second-order valence-electron chi connectivity index (χ2n) is 9.33. The normalized spacial score (nSPS) is 15.0. The van der Waals surface area contributed by atoms with Gasteiger partial charge >= 0.3 is 5.97 Å². The lowest BCUT2D eigenvalue weighted by Crippen LogP contribution is -2.45. The van der Waals surface area contributed by atoms with Gasteiger partial charge in [0.25, 0.3) is 0 Å². The topological polar surface area (TPSA) is 73.8 Å². The molecular weight excluding hydrogens is 440 g/mol. The van der Waals surface area contributed by atoms with Crippen molar-refractivity contribution in [2.75, 3.05) is 65.8 Å². The second kappa shape index (κ2) is 12.1. The molecule has 2 aromatic carbocycles. The summed E-state index contributed by atoms with van der Waals surface area (Å²) in [5.74, 6) is 1.50. The van der Waals surface area contributed by atoms with Gasteiger partial charge in [0, 0.05) is 44.7 Å². The molecule has 1 saturated heterocycles. The number of hydrogen-bond donors (Lipinski definition) is 1. The number of nitrogens with one attached hydrogen (secondary N) is 1. The highest BCUT2D eigenvalue weighted by molar-refractivity contribution is 5.89. The lowest BCUT2D eigenvalue weighted by Gasteiger charge is -2.34. The number of anilines is 1. The number of hydrogen-bond acceptors (Lipinski definition) is 8. The molecule has 0 radical (unpaired) electrons. The van der Waals surface area contributed by atoms with Crippen molar-refractivity contribution < 1.29 is 9.53 Å². The maximum Gasteiger partial charge on any atom is 0.337 e. The highest BCUT2D eigenvalue weighted by Gasteiger charge is 2.19. The molecule has 0 unspecified atom stereocenters. The maximum absolute atomic E-state index is 11.6. The Morgan fingerprint density at radius 2 is 1.66 bits per heavy atom. The number of nitrogens with zero attached hydrogens (tertiary/aromatic N) is 5. The first-order valence-electron chi connectivity index (χ1n) is 12.3. The van der Waals surface area contributed by atoms with Crippen molar-refractivity contribution in [1.29, 1.82) is 0 Å². The van der Waals surface area contributed by atoms with Crippen LogP contribution in [0.3, 0.4) is 0 Å². The second-order valence-corrected chi connectivity index (χ2v) is 9.33. The fraction of sp³-hybridized carbons (Fsp3) is 0.444. The summed E-state index contributed by atoms with van der Waals surface area (Å²) in [5, 5.41) is 4.61. The van der Waals surface area contributed by atoms with E-state index in [1.54, 1.807) is 0 Å². The molecule has 3 aromatic rings. The van der Waals surface area contributed by atoms with Crippen molar-refractivity contribution in [3.05, 3.63) is 65.5 Å².